The van der Waals surface area contributed by atoms with Crippen molar-refractivity contribution in [1.29, 1.82) is 0 Å². The summed E-state index contributed by atoms with van der Waals surface area (Å²) in [5.74, 6) is 0. The van der Waals surface area contributed by atoms with E-state index in [1.807, 2.05) is 0 Å². The van der Waals surface area contributed by atoms with Crippen LogP contribution in [0.1, 0.15) is 44.7 Å². The number of rotatable bonds is 6. The molecule has 0 bridgehead atoms. The second kappa shape index (κ2) is 8.28. The fourth-order valence-corrected chi connectivity index (χ4v) is 3.71. The van der Waals surface area contributed by atoms with E-state index in [0.717, 1.165) is 43.4 Å². The Bertz CT molecular complexity index is 433. The SMILES string of the molecule is CCOC1CCN(C(c2ccccc2Br)C(N)CC)CC1. The maximum atomic E-state index is 6.45. The molecule has 118 valence electrons. The molecule has 1 aliphatic heterocycles. The molecule has 2 unspecified atom stereocenters. The van der Waals surface area contributed by atoms with E-state index < -0.39 is 0 Å². The van der Waals surface area contributed by atoms with Crippen LogP contribution in [-0.4, -0.2) is 36.7 Å². The van der Waals surface area contributed by atoms with Gasteiger partial charge in [0.05, 0.1) is 12.1 Å². The summed E-state index contributed by atoms with van der Waals surface area (Å²) in [6.45, 7) is 7.17. The third-order valence-electron chi connectivity index (χ3n) is 4.37. The van der Waals surface area contributed by atoms with Gasteiger partial charge in [-0.2, -0.15) is 0 Å². The van der Waals surface area contributed by atoms with Gasteiger partial charge in [-0.25, -0.2) is 0 Å². The summed E-state index contributed by atoms with van der Waals surface area (Å²) >= 11 is 3.69. The first-order valence-corrected chi connectivity index (χ1v) is 8.82. The summed E-state index contributed by atoms with van der Waals surface area (Å²) in [7, 11) is 0. The van der Waals surface area contributed by atoms with Gasteiger partial charge in [-0.15, -0.1) is 0 Å². The standard InChI is InChI=1S/C17H27BrN2O/c1-3-16(19)17(14-7-5-6-8-15(14)18)20-11-9-13(10-12-20)21-4-2/h5-8,13,16-17H,3-4,9-12,19H2,1-2H3. The first-order valence-electron chi connectivity index (χ1n) is 8.03. The highest BCUT2D eigenvalue weighted by Crippen LogP contribution is 2.33. The highest BCUT2D eigenvalue weighted by molar-refractivity contribution is 9.10. The van der Waals surface area contributed by atoms with Crippen molar-refractivity contribution in [2.24, 2.45) is 5.73 Å². The molecule has 2 atom stereocenters. The van der Waals surface area contributed by atoms with Gasteiger partial charge >= 0.3 is 0 Å². The molecule has 1 fully saturated rings. The minimum atomic E-state index is 0.160. The van der Waals surface area contributed by atoms with Gasteiger partial charge in [-0.3, -0.25) is 4.90 Å². The van der Waals surface area contributed by atoms with Gasteiger partial charge in [0.15, 0.2) is 0 Å². The van der Waals surface area contributed by atoms with Crippen LogP contribution in [-0.2, 0) is 4.74 Å². The van der Waals surface area contributed by atoms with Crippen LogP contribution in [0.25, 0.3) is 0 Å². The quantitative estimate of drug-likeness (QED) is 0.845. The fourth-order valence-electron chi connectivity index (χ4n) is 3.19. The second-order valence-electron chi connectivity index (χ2n) is 5.73. The molecule has 3 nitrogen and oxygen atoms in total. The van der Waals surface area contributed by atoms with Crippen LogP contribution >= 0.6 is 15.9 Å². The van der Waals surface area contributed by atoms with Crippen LogP contribution in [0.2, 0.25) is 0 Å². The number of hydrogen-bond acceptors (Lipinski definition) is 3. The van der Waals surface area contributed by atoms with Crippen molar-refractivity contribution in [1.82, 2.24) is 4.90 Å². The number of nitrogens with zero attached hydrogens (tertiary/aromatic N) is 1. The van der Waals surface area contributed by atoms with Crippen LogP contribution in [0.5, 0.6) is 0 Å². The van der Waals surface area contributed by atoms with E-state index in [0.29, 0.717) is 6.10 Å². The molecule has 1 aliphatic rings. The predicted molar refractivity (Wildman–Crippen MR) is 91.4 cm³/mol. The first-order chi connectivity index (χ1) is 10.2. The lowest BCUT2D eigenvalue weighted by Crippen LogP contribution is -2.46. The van der Waals surface area contributed by atoms with Crippen LogP contribution < -0.4 is 5.73 Å². The predicted octanol–water partition coefficient (Wildman–Crippen LogP) is 3.73. The van der Waals surface area contributed by atoms with Crippen molar-refractivity contribution in [2.75, 3.05) is 19.7 Å². The molecule has 0 spiro atoms. The van der Waals surface area contributed by atoms with E-state index in [1.165, 1.54) is 5.56 Å². The Morgan fingerprint density at radius 1 is 1.29 bits per heavy atom. The molecule has 4 heteroatoms. The molecule has 1 heterocycles. The lowest BCUT2D eigenvalue weighted by atomic mass is 9.94. The van der Waals surface area contributed by atoms with Crippen molar-refractivity contribution < 1.29 is 4.74 Å². The van der Waals surface area contributed by atoms with Gasteiger partial charge in [-0.05, 0) is 37.8 Å². The van der Waals surface area contributed by atoms with E-state index >= 15 is 0 Å². The van der Waals surface area contributed by atoms with Crippen molar-refractivity contribution in [3.8, 4) is 0 Å². The molecular weight excluding hydrogens is 328 g/mol. The Morgan fingerprint density at radius 3 is 2.52 bits per heavy atom. The lowest BCUT2D eigenvalue weighted by molar-refractivity contribution is 0.000260. The summed E-state index contributed by atoms with van der Waals surface area (Å²) in [6, 6.07) is 8.91. The van der Waals surface area contributed by atoms with Crippen LogP contribution in [0.3, 0.4) is 0 Å². The van der Waals surface area contributed by atoms with Crippen molar-refractivity contribution in [3.63, 3.8) is 0 Å². The Balaban J connectivity index is 2.13. The van der Waals surface area contributed by atoms with E-state index in [-0.39, 0.29) is 12.1 Å². The molecule has 0 aliphatic carbocycles. The van der Waals surface area contributed by atoms with Gasteiger partial charge in [-0.1, -0.05) is 41.1 Å². The summed E-state index contributed by atoms with van der Waals surface area (Å²) in [5.41, 5.74) is 7.76. The third kappa shape index (κ3) is 4.28. The van der Waals surface area contributed by atoms with Gasteiger partial charge in [0.25, 0.3) is 0 Å². The van der Waals surface area contributed by atoms with E-state index in [2.05, 4.69) is 58.9 Å². The van der Waals surface area contributed by atoms with Crippen molar-refractivity contribution >= 4 is 15.9 Å². The summed E-state index contributed by atoms with van der Waals surface area (Å²) in [6.07, 6.45) is 3.61. The number of halogens is 1. The summed E-state index contributed by atoms with van der Waals surface area (Å²) < 4.78 is 6.92. The molecule has 2 N–H and O–H groups in total. The third-order valence-corrected chi connectivity index (χ3v) is 5.10. The van der Waals surface area contributed by atoms with Crippen LogP contribution in [0, 0.1) is 0 Å². The van der Waals surface area contributed by atoms with Crippen LogP contribution in [0.4, 0.5) is 0 Å². The van der Waals surface area contributed by atoms with E-state index in [1.54, 1.807) is 0 Å². The van der Waals surface area contributed by atoms with Gasteiger partial charge in [0.2, 0.25) is 0 Å². The number of nitrogens with two attached hydrogens (primary N) is 1. The van der Waals surface area contributed by atoms with Gasteiger partial charge in [0.1, 0.15) is 0 Å². The molecule has 0 aromatic heterocycles. The number of benzene rings is 1. The average molecular weight is 355 g/mol. The zero-order valence-corrected chi connectivity index (χ0v) is 14.7. The normalized spacial score (nSPS) is 20.4. The van der Waals surface area contributed by atoms with Gasteiger partial charge in [0, 0.05) is 30.2 Å². The second-order valence-corrected chi connectivity index (χ2v) is 6.58. The molecule has 2 rings (SSSR count). The zero-order valence-electron chi connectivity index (χ0n) is 13.1. The minimum absolute atomic E-state index is 0.160. The minimum Gasteiger partial charge on any atom is -0.378 e. The monoisotopic (exact) mass is 354 g/mol. The Hall–Kier alpha value is -0.420. The fraction of sp³-hybridized carbons (Fsp3) is 0.647. The topological polar surface area (TPSA) is 38.5 Å². The van der Waals surface area contributed by atoms with E-state index in [9.17, 15) is 0 Å². The smallest absolute Gasteiger partial charge is 0.0599 e. The van der Waals surface area contributed by atoms with Gasteiger partial charge < -0.3 is 10.5 Å². The Labute approximate surface area is 137 Å². The maximum Gasteiger partial charge on any atom is 0.0599 e. The maximum absolute atomic E-state index is 6.45. The Kier molecular flexibility index (Phi) is 6.68. The van der Waals surface area contributed by atoms with E-state index in [4.69, 9.17) is 10.5 Å². The lowest BCUT2D eigenvalue weighted by Gasteiger charge is -2.40. The molecule has 0 radical (unpaired) electrons. The molecule has 1 aromatic rings. The summed E-state index contributed by atoms with van der Waals surface area (Å²) in [4.78, 5) is 2.53. The summed E-state index contributed by atoms with van der Waals surface area (Å²) in [5, 5.41) is 0. The molecule has 21 heavy (non-hydrogen) atoms. The number of hydrogen-bond donors (Lipinski definition) is 1. The highest BCUT2D eigenvalue weighted by atomic mass is 79.9. The first kappa shape index (κ1) is 16.9. The van der Waals surface area contributed by atoms with Crippen LogP contribution in [0.15, 0.2) is 28.7 Å². The molecule has 1 aromatic carbocycles. The van der Waals surface area contributed by atoms with Crippen molar-refractivity contribution in [3.05, 3.63) is 34.3 Å². The molecule has 0 saturated carbocycles. The largest absolute Gasteiger partial charge is 0.378 e. The Morgan fingerprint density at radius 2 is 1.95 bits per heavy atom. The van der Waals surface area contributed by atoms with Crippen molar-refractivity contribution in [2.45, 2.75) is 51.3 Å². The number of ether oxygens (including phenoxy) is 1. The average Bonchev–Trinajstić information content (AvgIpc) is 2.51. The zero-order chi connectivity index (χ0) is 15.2. The molecular formula is C17H27BrN2O. The molecule has 0 amide bonds. The number of piperidine rings is 1. The highest BCUT2D eigenvalue weighted by Gasteiger charge is 2.30. The number of likely N-dealkylation sites (tertiary alicyclic amines) is 1. The molecule has 1 saturated heterocycles.